The minimum atomic E-state index is -0.350. The van der Waals surface area contributed by atoms with Gasteiger partial charge in [-0.15, -0.1) is 11.3 Å². The molecule has 6 nitrogen and oxygen atoms in total. The summed E-state index contributed by atoms with van der Waals surface area (Å²) in [5, 5.41) is 13.2. The first kappa shape index (κ1) is 17.4. The smallest absolute Gasteiger partial charge is 0.292 e. The number of piperazine rings is 1. The molecule has 3 rings (SSSR count). The highest BCUT2D eigenvalue weighted by Gasteiger charge is 2.25. The van der Waals surface area contributed by atoms with Crippen molar-refractivity contribution in [2.24, 2.45) is 0 Å². The van der Waals surface area contributed by atoms with Gasteiger partial charge in [0.25, 0.3) is 5.69 Å². The fourth-order valence-electron chi connectivity index (χ4n) is 3.11. The molecule has 1 fully saturated rings. The largest absolute Gasteiger partial charge is 0.362 e. The highest BCUT2D eigenvalue weighted by molar-refractivity contribution is 7.09. The summed E-state index contributed by atoms with van der Waals surface area (Å²) < 4.78 is 0. The van der Waals surface area contributed by atoms with E-state index in [0.29, 0.717) is 38.3 Å². The summed E-state index contributed by atoms with van der Waals surface area (Å²) in [6.45, 7) is 2.48. The quantitative estimate of drug-likeness (QED) is 0.586. The van der Waals surface area contributed by atoms with E-state index in [1.165, 1.54) is 10.9 Å². The van der Waals surface area contributed by atoms with Gasteiger partial charge in [0.2, 0.25) is 5.91 Å². The average Bonchev–Trinajstić information content (AvgIpc) is 3.15. The van der Waals surface area contributed by atoms with Crippen LogP contribution in [0.15, 0.2) is 41.8 Å². The predicted molar refractivity (Wildman–Crippen MR) is 99.1 cm³/mol. The van der Waals surface area contributed by atoms with Crippen molar-refractivity contribution in [2.75, 3.05) is 31.1 Å². The minimum Gasteiger partial charge on any atom is -0.362 e. The van der Waals surface area contributed by atoms with E-state index >= 15 is 0 Å². The van der Waals surface area contributed by atoms with Crippen molar-refractivity contribution in [3.8, 4) is 0 Å². The predicted octanol–water partition coefficient (Wildman–Crippen LogP) is 3.33. The van der Waals surface area contributed by atoms with Gasteiger partial charge in [-0.1, -0.05) is 18.2 Å². The van der Waals surface area contributed by atoms with Gasteiger partial charge in [-0.3, -0.25) is 14.9 Å². The molecule has 0 radical (unpaired) electrons. The third-order valence-electron chi connectivity index (χ3n) is 4.45. The van der Waals surface area contributed by atoms with Crippen LogP contribution in [0.25, 0.3) is 0 Å². The maximum atomic E-state index is 12.3. The molecular weight excluding hydrogens is 338 g/mol. The van der Waals surface area contributed by atoms with E-state index in [1.807, 2.05) is 21.9 Å². The lowest BCUT2D eigenvalue weighted by atomic mass is 10.1. The van der Waals surface area contributed by atoms with E-state index < -0.39 is 0 Å². The van der Waals surface area contributed by atoms with Gasteiger partial charge in [-0.2, -0.15) is 0 Å². The standard InChI is InChI=1S/C18H21N3O3S/c22-18(9-3-5-15-6-4-14-25-15)20-12-10-19(11-13-20)16-7-1-2-8-17(16)21(23)24/h1-2,4,6-8,14H,3,5,9-13H2. The third-order valence-corrected chi connectivity index (χ3v) is 5.38. The van der Waals surface area contributed by atoms with Crippen molar-refractivity contribution in [1.82, 2.24) is 4.90 Å². The summed E-state index contributed by atoms with van der Waals surface area (Å²) in [6, 6.07) is 10.9. The van der Waals surface area contributed by atoms with Crippen molar-refractivity contribution in [1.29, 1.82) is 0 Å². The van der Waals surface area contributed by atoms with Crippen LogP contribution >= 0.6 is 11.3 Å². The highest BCUT2D eigenvalue weighted by atomic mass is 32.1. The number of nitro benzene ring substituents is 1. The number of hydrogen-bond donors (Lipinski definition) is 0. The van der Waals surface area contributed by atoms with E-state index in [9.17, 15) is 14.9 Å². The molecule has 0 saturated carbocycles. The molecular formula is C18H21N3O3S. The molecule has 0 atom stereocenters. The molecule has 7 heteroatoms. The fraction of sp³-hybridized carbons (Fsp3) is 0.389. The lowest BCUT2D eigenvalue weighted by Crippen LogP contribution is -2.48. The summed E-state index contributed by atoms with van der Waals surface area (Å²) in [6.07, 6.45) is 2.37. The molecule has 132 valence electrons. The number of amides is 1. The summed E-state index contributed by atoms with van der Waals surface area (Å²) in [5.74, 6) is 0.179. The summed E-state index contributed by atoms with van der Waals surface area (Å²) in [5.41, 5.74) is 0.760. The van der Waals surface area contributed by atoms with Gasteiger partial charge in [-0.25, -0.2) is 0 Å². The van der Waals surface area contributed by atoms with Crippen LogP contribution in [-0.4, -0.2) is 41.9 Å². The molecule has 1 aliphatic rings. The Hall–Kier alpha value is -2.41. The molecule has 25 heavy (non-hydrogen) atoms. The van der Waals surface area contributed by atoms with Gasteiger partial charge in [0, 0.05) is 43.5 Å². The maximum absolute atomic E-state index is 12.3. The first-order valence-electron chi connectivity index (χ1n) is 8.43. The molecule has 1 amide bonds. The Labute approximate surface area is 150 Å². The lowest BCUT2D eigenvalue weighted by Gasteiger charge is -2.35. The van der Waals surface area contributed by atoms with Crippen LogP contribution in [0, 0.1) is 10.1 Å². The topological polar surface area (TPSA) is 66.7 Å². The fourth-order valence-corrected chi connectivity index (χ4v) is 3.86. The number of nitro groups is 1. The van der Waals surface area contributed by atoms with Crippen LogP contribution in [0.1, 0.15) is 17.7 Å². The second kappa shape index (κ2) is 8.11. The first-order valence-corrected chi connectivity index (χ1v) is 9.31. The number of carbonyl (C=O) groups is 1. The molecule has 0 aliphatic carbocycles. The summed E-state index contributed by atoms with van der Waals surface area (Å²) in [4.78, 5) is 28.3. The zero-order chi connectivity index (χ0) is 17.6. The van der Waals surface area contributed by atoms with Crippen molar-refractivity contribution in [2.45, 2.75) is 19.3 Å². The average molecular weight is 359 g/mol. The molecule has 1 aromatic heterocycles. The number of nitrogens with zero attached hydrogens (tertiary/aromatic N) is 3. The van der Waals surface area contributed by atoms with E-state index in [2.05, 4.69) is 11.4 Å². The van der Waals surface area contributed by atoms with Gasteiger partial charge in [-0.05, 0) is 30.4 Å². The Balaban J connectivity index is 1.50. The summed E-state index contributed by atoms with van der Waals surface area (Å²) >= 11 is 1.73. The van der Waals surface area contributed by atoms with Gasteiger partial charge in [0.1, 0.15) is 5.69 Å². The van der Waals surface area contributed by atoms with E-state index in [0.717, 1.165) is 12.8 Å². The van der Waals surface area contributed by atoms with E-state index in [4.69, 9.17) is 0 Å². The number of thiophene rings is 1. The second-order valence-corrected chi connectivity index (χ2v) is 7.08. The van der Waals surface area contributed by atoms with Crippen LogP contribution in [0.4, 0.5) is 11.4 Å². The number of para-hydroxylation sites is 2. The number of aryl methyl sites for hydroxylation is 1. The van der Waals surface area contributed by atoms with Gasteiger partial charge in [0.05, 0.1) is 4.92 Å². The molecule has 1 aliphatic heterocycles. The lowest BCUT2D eigenvalue weighted by molar-refractivity contribution is -0.384. The molecule has 1 aromatic carbocycles. The number of rotatable bonds is 6. The molecule has 2 heterocycles. The van der Waals surface area contributed by atoms with Crippen LogP contribution in [0.3, 0.4) is 0 Å². The molecule has 2 aromatic rings. The molecule has 0 bridgehead atoms. The zero-order valence-corrected chi connectivity index (χ0v) is 14.8. The Morgan fingerprint density at radius 2 is 1.88 bits per heavy atom. The summed E-state index contributed by atoms with van der Waals surface area (Å²) in [7, 11) is 0. The minimum absolute atomic E-state index is 0.123. The van der Waals surface area contributed by atoms with Crippen LogP contribution in [0.2, 0.25) is 0 Å². The third kappa shape index (κ3) is 4.36. The number of hydrogen-bond acceptors (Lipinski definition) is 5. The Kier molecular flexibility index (Phi) is 5.65. The Morgan fingerprint density at radius 3 is 2.56 bits per heavy atom. The van der Waals surface area contributed by atoms with E-state index in [-0.39, 0.29) is 16.5 Å². The number of carbonyl (C=O) groups excluding carboxylic acids is 1. The molecule has 0 spiro atoms. The van der Waals surface area contributed by atoms with Crippen molar-refractivity contribution >= 4 is 28.6 Å². The zero-order valence-electron chi connectivity index (χ0n) is 14.0. The highest BCUT2D eigenvalue weighted by Crippen LogP contribution is 2.28. The monoisotopic (exact) mass is 359 g/mol. The molecule has 0 unspecified atom stereocenters. The molecule has 1 saturated heterocycles. The van der Waals surface area contributed by atoms with Crippen molar-refractivity contribution in [3.05, 3.63) is 56.8 Å². The first-order chi connectivity index (χ1) is 12.1. The van der Waals surface area contributed by atoms with Crippen LogP contribution in [-0.2, 0) is 11.2 Å². The van der Waals surface area contributed by atoms with Crippen LogP contribution < -0.4 is 4.90 Å². The SMILES string of the molecule is O=C(CCCc1cccs1)N1CCN(c2ccccc2[N+](=O)[O-])CC1. The maximum Gasteiger partial charge on any atom is 0.292 e. The van der Waals surface area contributed by atoms with Crippen molar-refractivity contribution in [3.63, 3.8) is 0 Å². The Bertz CT molecular complexity index is 725. The number of anilines is 1. The second-order valence-electron chi connectivity index (χ2n) is 6.05. The van der Waals surface area contributed by atoms with Gasteiger partial charge in [0.15, 0.2) is 0 Å². The van der Waals surface area contributed by atoms with Crippen molar-refractivity contribution < 1.29 is 9.72 Å². The van der Waals surface area contributed by atoms with Crippen LogP contribution in [0.5, 0.6) is 0 Å². The normalized spacial score (nSPS) is 14.6. The van der Waals surface area contributed by atoms with E-state index in [1.54, 1.807) is 23.5 Å². The van der Waals surface area contributed by atoms with Gasteiger partial charge < -0.3 is 9.80 Å². The Morgan fingerprint density at radius 1 is 1.12 bits per heavy atom. The van der Waals surface area contributed by atoms with Gasteiger partial charge >= 0.3 is 0 Å². The molecule has 0 N–H and O–H groups in total. The number of benzene rings is 1.